The Bertz CT molecular complexity index is 801. The molecule has 7 nitrogen and oxygen atoms in total. The molecular weight excluding hydrogens is 362 g/mol. The molecule has 8 heteroatoms. The molecule has 3 heterocycles. The predicted molar refractivity (Wildman–Crippen MR) is 109 cm³/mol. The van der Waals surface area contributed by atoms with Gasteiger partial charge in [-0.05, 0) is 25.0 Å². The number of anilines is 2. The number of aromatic nitrogens is 1. The average Bonchev–Trinajstić information content (AvgIpc) is 3.30. The number of hydrogen-bond acceptors (Lipinski definition) is 6. The highest BCUT2D eigenvalue weighted by Gasteiger charge is 2.15. The number of guanidine groups is 1. The molecule has 1 aromatic carbocycles. The third-order valence-electron chi connectivity index (χ3n) is 4.59. The van der Waals surface area contributed by atoms with Crippen LogP contribution in [-0.2, 0) is 6.42 Å². The van der Waals surface area contributed by atoms with Crippen LogP contribution in [0, 0.1) is 0 Å². The quantitative estimate of drug-likeness (QED) is 0.606. The Hall–Kier alpha value is -2.48. The van der Waals surface area contributed by atoms with Gasteiger partial charge in [0.05, 0.1) is 18.9 Å². The van der Waals surface area contributed by atoms with Crippen LogP contribution in [0.3, 0.4) is 0 Å². The number of benzene rings is 1. The van der Waals surface area contributed by atoms with Crippen molar-refractivity contribution >= 4 is 28.1 Å². The van der Waals surface area contributed by atoms with E-state index < -0.39 is 0 Å². The molecule has 0 spiro atoms. The van der Waals surface area contributed by atoms with E-state index in [9.17, 15) is 0 Å². The van der Waals surface area contributed by atoms with Gasteiger partial charge < -0.3 is 25.4 Å². The van der Waals surface area contributed by atoms with Crippen LogP contribution >= 0.6 is 11.3 Å². The van der Waals surface area contributed by atoms with Gasteiger partial charge in [0.1, 0.15) is 0 Å². The molecule has 0 saturated carbocycles. The van der Waals surface area contributed by atoms with Crippen molar-refractivity contribution in [2.24, 2.45) is 10.7 Å². The lowest BCUT2D eigenvalue weighted by Gasteiger charge is -2.12. The number of rotatable bonds is 5. The summed E-state index contributed by atoms with van der Waals surface area (Å²) in [4.78, 5) is 11.5. The maximum absolute atomic E-state index is 6.02. The van der Waals surface area contributed by atoms with Crippen molar-refractivity contribution < 1.29 is 9.47 Å². The zero-order chi connectivity index (χ0) is 18.5. The average molecular weight is 388 g/mol. The molecular formula is C19H25N5O2S. The lowest BCUT2D eigenvalue weighted by atomic mass is 10.3. The molecule has 0 atom stereocenters. The van der Waals surface area contributed by atoms with Crippen molar-refractivity contribution in [3.05, 3.63) is 29.3 Å². The number of nitrogens with one attached hydrogen (secondary N) is 1. The highest BCUT2D eigenvalue weighted by atomic mass is 32.1. The fourth-order valence-corrected chi connectivity index (χ4v) is 4.10. The summed E-state index contributed by atoms with van der Waals surface area (Å²) in [5.41, 5.74) is 7.94. The molecule has 1 aromatic heterocycles. The summed E-state index contributed by atoms with van der Waals surface area (Å²) in [6, 6.07) is 5.70. The second kappa shape index (κ2) is 8.47. The van der Waals surface area contributed by atoms with Gasteiger partial charge in [-0.1, -0.05) is 0 Å². The summed E-state index contributed by atoms with van der Waals surface area (Å²) in [5, 5.41) is 6.37. The first-order valence-electron chi connectivity index (χ1n) is 9.44. The monoisotopic (exact) mass is 387 g/mol. The normalized spacial score (nSPS) is 17.0. The van der Waals surface area contributed by atoms with E-state index in [1.807, 2.05) is 18.2 Å². The molecule has 2 aliphatic rings. The molecule has 0 radical (unpaired) electrons. The van der Waals surface area contributed by atoms with E-state index in [4.69, 9.17) is 20.2 Å². The summed E-state index contributed by atoms with van der Waals surface area (Å²) in [5.74, 6) is 1.90. The molecule has 144 valence electrons. The van der Waals surface area contributed by atoms with Crippen molar-refractivity contribution in [2.45, 2.75) is 25.7 Å². The van der Waals surface area contributed by atoms with Crippen LogP contribution in [0.4, 0.5) is 10.8 Å². The molecule has 0 amide bonds. The Labute approximate surface area is 163 Å². The lowest BCUT2D eigenvalue weighted by molar-refractivity contribution is 0.297. The number of ether oxygens (including phenoxy) is 2. The number of thiazole rings is 1. The van der Waals surface area contributed by atoms with Gasteiger partial charge in [0.15, 0.2) is 22.6 Å². The van der Waals surface area contributed by atoms with E-state index in [1.165, 1.54) is 12.8 Å². The first-order valence-corrected chi connectivity index (χ1v) is 10.3. The van der Waals surface area contributed by atoms with Crippen molar-refractivity contribution in [1.82, 2.24) is 4.98 Å². The van der Waals surface area contributed by atoms with Crippen LogP contribution in [0.15, 0.2) is 28.6 Å². The van der Waals surface area contributed by atoms with E-state index in [2.05, 4.69) is 20.6 Å². The fraction of sp³-hybridized carbons (Fsp3) is 0.474. The van der Waals surface area contributed by atoms with Crippen LogP contribution in [0.5, 0.6) is 11.5 Å². The van der Waals surface area contributed by atoms with Gasteiger partial charge in [-0.15, -0.1) is 11.3 Å². The molecule has 2 aromatic rings. The SMILES string of the molecule is NC(=NCCc1csc(N2CCCC2)n1)Nc1ccc2c(c1)OCCCO2. The molecule has 1 saturated heterocycles. The Morgan fingerprint density at radius 2 is 2.00 bits per heavy atom. The van der Waals surface area contributed by atoms with Crippen molar-refractivity contribution in [3.8, 4) is 11.5 Å². The van der Waals surface area contributed by atoms with Crippen LogP contribution in [0.25, 0.3) is 0 Å². The van der Waals surface area contributed by atoms with Crippen LogP contribution in [0.1, 0.15) is 25.0 Å². The zero-order valence-corrected chi connectivity index (χ0v) is 16.1. The van der Waals surface area contributed by atoms with Gasteiger partial charge in [0.25, 0.3) is 0 Å². The Kier molecular flexibility index (Phi) is 5.62. The molecule has 0 bridgehead atoms. The van der Waals surface area contributed by atoms with Crippen LogP contribution in [0.2, 0.25) is 0 Å². The van der Waals surface area contributed by atoms with E-state index in [1.54, 1.807) is 11.3 Å². The van der Waals surface area contributed by atoms with Gasteiger partial charge in [0, 0.05) is 49.6 Å². The second-order valence-corrected chi connectivity index (χ2v) is 7.51. The molecule has 2 aliphatic heterocycles. The summed E-state index contributed by atoms with van der Waals surface area (Å²) in [7, 11) is 0. The first kappa shape index (κ1) is 17.9. The Morgan fingerprint density at radius 1 is 1.19 bits per heavy atom. The molecule has 1 fully saturated rings. The van der Waals surface area contributed by atoms with E-state index in [0.717, 1.165) is 53.9 Å². The van der Waals surface area contributed by atoms with Crippen molar-refractivity contribution in [3.63, 3.8) is 0 Å². The summed E-state index contributed by atoms with van der Waals surface area (Å²) in [6.07, 6.45) is 4.20. The van der Waals surface area contributed by atoms with E-state index in [0.29, 0.717) is 25.7 Å². The number of aliphatic imine (C=N–C) groups is 1. The van der Waals surface area contributed by atoms with Gasteiger partial charge in [-0.3, -0.25) is 4.99 Å². The van der Waals surface area contributed by atoms with Crippen molar-refractivity contribution in [2.75, 3.05) is 43.1 Å². The zero-order valence-electron chi connectivity index (χ0n) is 15.3. The minimum absolute atomic E-state index is 0.388. The minimum atomic E-state index is 0.388. The fourth-order valence-electron chi connectivity index (χ4n) is 3.18. The Balaban J connectivity index is 1.30. The maximum Gasteiger partial charge on any atom is 0.193 e. The van der Waals surface area contributed by atoms with Gasteiger partial charge in [0.2, 0.25) is 0 Å². The van der Waals surface area contributed by atoms with Crippen molar-refractivity contribution in [1.29, 1.82) is 0 Å². The smallest absolute Gasteiger partial charge is 0.193 e. The summed E-state index contributed by atoms with van der Waals surface area (Å²) >= 11 is 1.72. The largest absolute Gasteiger partial charge is 0.490 e. The van der Waals surface area contributed by atoms with E-state index in [-0.39, 0.29) is 0 Å². The summed E-state index contributed by atoms with van der Waals surface area (Å²) < 4.78 is 11.3. The number of hydrogen-bond donors (Lipinski definition) is 2. The van der Waals surface area contributed by atoms with Gasteiger partial charge in [-0.2, -0.15) is 0 Å². The molecule has 3 N–H and O–H groups in total. The summed E-state index contributed by atoms with van der Waals surface area (Å²) in [6.45, 7) is 4.19. The van der Waals surface area contributed by atoms with Gasteiger partial charge >= 0.3 is 0 Å². The number of nitrogens with zero attached hydrogens (tertiary/aromatic N) is 3. The second-order valence-electron chi connectivity index (χ2n) is 6.67. The maximum atomic E-state index is 6.02. The standard InChI is InChI=1S/C19H25N5O2S/c20-18(22-14-4-5-16-17(12-14)26-11-3-10-25-16)21-7-6-15-13-27-19(23-15)24-8-1-2-9-24/h4-5,12-13H,1-3,6-11H2,(H3,20,21,22). The molecule has 0 unspecified atom stereocenters. The topological polar surface area (TPSA) is 85.0 Å². The minimum Gasteiger partial charge on any atom is -0.490 e. The Morgan fingerprint density at radius 3 is 2.85 bits per heavy atom. The molecule has 27 heavy (non-hydrogen) atoms. The third kappa shape index (κ3) is 4.63. The number of fused-ring (bicyclic) bond motifs is 1. The molecule has 4 rings (SSSR count). The van der Waals surface area contributed by atoms with Crippen LogP contribution in [-0.4, -0.2) is 43.8 Å². The van der Waals surface area contributed by atoms with Crippen LogP contribution < -0.4 is 25.4 Å². The molecule has 0 aliphatic carbocycles. The lowest BCUT2D eigenvalue weighted by Crippen LogP contribution is -2.23. The highest BCUT2D eigenvalue weighted by Crippen LogP contribution is 2.32. The third-order valence-corrected chi connectivity index (χ3v) is 5.54. The number of nitrogens with two attached hydrogens (primary N) is 1. The van der Waals surface area contributed by atoms with Gasteiger partial charge in [-0.25, -0.2) is 4.98 Å². The first-order chi connectivity index (χ1) is 13.3. The predicted octanol–water partition coefficient (Wildman–Crippen LogP) is 2.87. The highest BCUT2D eigenvalue weighted by molar-refractivity contribution is 7.13. The van der Waals surface area contributed by atoms with E-state index >= 15 is 0 Å².